The fourth-order valence-electron chi connectivity index (χ4n) is 3.72. The topological polar surface area (TPSA) is 50.6 Å². The SMILES string of the molecule is N#Cc1ccc(F)c(CN2CCN(CC(=O)N3CCCCCC3)CC2)c1. The van der Waals surface area contributed by atoms with Gasteiger partial charge in [0.25, 0.3) is 0 Å². The molecule has 2 aliphatic heterocycles. The van der Waals surface area contributed by atoms with Crippen LogP contribution in [0, 0.1) is 17.1 Å². The Morgan fingerprint density at radius 1 is 1.00 bits per heavy atom. The molecule has 0 radical (unpaired) electrons. The van der Waals surface area contributed by atoms with E-state index >= 15 is 0 Å². The summed E-state index contributed by atoms with van der Waals surface area (Å²) in [6, 6.07) is 6.56. The molecule has 1 amide bonds. The molecule has 2 aliphatic rings. The van der Waals surface area contributed by atoms with Crippen molar-refractivity contribution in [3.05, 3.63) is 35.1 Å². The lowest BCUT2D eigenvalue weighted by Gasteiger charge is -2.35. The summed E-state index contributed by atoms with van der Waals surface area (Å²) in [4.78, 5) is 18.9. The quantitative estimate of drug-likeness (QED) is 0.828. The van der Waals surface area contributed by atoms with Gasteiger partial charge in [-0.05, 0) is 31.0 Å². The van der Waals surface area contributed by atoms with Crippen molar-refractivity contribution in [1.82, 2.24) is 14.7 Å². The predicted molar refractivity (Wildman–Crippen MR) is 97.9 cm³/mol. The van der Waals surface area contributed by atoms with Crippen molar-refractivity contribution in [2.24, 2.45) is 0 Å². The molecule has 2 saturated heterocycles. The number of piperazine rings is 1. The molecule has 0 atom stereocenters. The third-order valence-corrected chi connectivity index (χ3v) is 5.35. The maximum absolute atomic E-state index is 14.0. The predicted octanol–water partition coefficient (Wildman–Crippen LogP) is 2.22. The van der Waals surface area contributed by atoms with E-state index < -0.39 is 0 Å². The van der Waals surface area contributed by atoms with E-state index in [9.17, 15) is 9.18 Å². The second-order valence-corrected chi connectivity index (χ2v) is 7.27. The number of carbonyl (C=O) groups excluding carboxylic acids is 1. The number of hydrogen-bond acceptors (Lipinski definition) is 4. The number of carbonyl (C=O) groups is 1. The molecule has 6 heteroatoms. The Kier molecular flexibility index (Phi) is 6.59. The van der Waals surface area contributed by atoms with Crippen LogP contribution in [0.5, 0.6) is 0 Å². The normalized spacial score (nSPS) is 19.8. The molecule has 0 aromatic heterocycles. The summed E-state index contributed by atoms with van der Waals surface area (Å²) in [5.74, 6) is -0.0177. The molecule has 0 aliphatic carbocycles. The van der Waals surface area contributed by atoms with Crippen molar-refractivity contribution >= 4 is 5.91 Å². The highest BCUT2D eigenvalue weighted by atomic mass is 19.1. The van der Waals surface area contributed by atoms with Crippen LogP contribution in [-0.2, 0) is 11.3 Å². The fourth-order valence-corrected chi connectivity index (χ4v) is 3.72. The van der Waals surface area contributed by atoms with Crippen molar-refractivity contribution in [2.45, 2.75) is 32.2 Å². The number of rotatable bonds is 4. The Bertz CT molecular complexity index is 656. The zero-order valence-electron chi connectivity index (χ0n) is 15.3. The van der Waals surface area contributed by atoms with E-state index in [-0.39, 0.29) is 11.7 Å². The van der Waals surface area contributed by atoms with Crippen LogP contribution < -0.4 is 0 Å². The molecule has 0 bridgehead atoms. The largest absolute Gasteiger partial charge is 0.342 e. The van der Waals surface area contributed by atoms with Crippen LogP contribution in [0.3, 0.4) is 0 Å². The summed E-state index contributed by atoms with van der Waals surface area (Å²) in [5, 5.41) is 8.97. The van der Waals surface area contributed by atoms with Crippen LogP contribution in [0.1, 0.15) is 36.8 Å². The Morgan fingerprint density at radius 3 is 2.31 bits per heavy atom. The first-order chi connectivity index (χ1) is 12.7. The Hall–Kier alpha value is -1.97. The number of benzene rings is 1. The minimum atomic E-state index is -0.261. The molecule has 1 aromatic carbocycles. The molecule has 0 spiro atoms. The van der Waals surface area contributed by atoms with Crippen LogP contribution in [0.25, 0.3) is 0 Å². The molecule has 0 saturated carbocycles. The van der Waals surface area contributed by atoms with Gasteiger partial charge in [-0.2, -0.15) is 5.26 Å². The highest BCUT2D eigenvalue weighted by Crippen LogP contribution is 2.15. The zero-order chi connectivity index (χ0) is 18.4. The lowest BCUT2D eigenvalue weighted by molar-refractivity contribution is -0.132. The van der Waals surface area contributed by atoms with Gasteiger partial charge < -0.3 is 4.90 Å². The highest BCUT2D eigenvalue weighted by molar-refractivity contribution is 5.78. The Labute approximate surface area is 155 Å². The first-order valence-electron chi connectivity index (χ1n) is 9.57. The van der Waals surface area contributed by atoms with Gasteiger partial charge in [0.15, 0.2) is 0 Å². The van der Waals surface area contributed by atoms with Crippen molar-refractivity contribution in [1.29, 1.82) is 5.26 Å². The van der Waals surface area contributed by atoms with E-state index in [0.29, 0.717) is 24.2 Å². The highest BCUT2D eigenvalue weighted by Gasteiger charge is 2.22. The lowest BCUT2D eigenvalue weighted by atomic mass is 10.1. The maximum Gasteiger partial charge on any atom is 0.236 e. The second-order valence-electron chi connectivity index (χ2n) is 7.27. The first kappa shape index (κ1) is 18.8. The monoisotopic (exact) mass is 358 g/mol. The van der Waals surface area contributed by atoms with Gasteiger partial charge in [-0.3, -0.25) is 14.6 Å². The van der Waals surface area contributed by atoms with Crippen LogP contribution in [-0.4, -0.2) is 66.4 Å². The molecular formula is C20H27FN4O. The van der Waals surface area contributed by atoms with Gasteiger partial charge in [0.2, 0.25) is 5.91 Å². The van der Waals surface area contributed by atoms with E-state index in [1.165, 1.54) is 25.0 Å². The lowest BCUT2D eigenvalue weighted by Crippen LogP contribution is -2.49. The van der Waals surface area contributed by atoms with E-state index in [1.807, 2.05) is 4.90 Å². The van der Waals surface area contributed by atoms with Gasteiger partial charge in [-0.25, -0.2) is 4.39 Å². The summed E-state index contributed by atoms with van der Waals surface area (Å²) >= 11 is 0. The van der Waals surface area contributed by atoms with Crippen LogP contribution in [0.4, 0.5) is 4.39 Å². The van der Waals surface area contributed by atoms with Gasteiger partial charge >= 0.3 is 0 Å². The second kappa shape index (κ2) is 9.11. The minimum absolute atomic E-state index is 0.244. The summed E-state index contributed by atoms with van der Waals surface area (Å²) < 4.78 is 14.0. The van der Waals surface area contributed by atoms with E-state index in [4.69, 9.17) is 5.26 Å². The van der Waals surface area contributed by atoms with Crippen molar-refractivity contribution in [2.75, 3.05) is 45.8 Å². The molecule has 5 nitrogen and oxygen atoms in total. The van der Waals surface area contributed by atoms with Crippen LogP contribution in [0.15, 0.2) is 18.2 Å². The van der Waals surface area contributed by atoms with Gasteiger partial charge in [-0.15, -0.1) is 0 Å². The van der Waals surface area contributed by atoms with Gasteiger partial charge in [0.05, 0.1) is 18.2 Å². The Morgan fingerprint density at radius 2 is 1.65 bits per heavy atom. The van der Waals surface area contributed by atoms with Crippen molar-refractivity contribution in [3.8, 4) is 6.07 Å². The molecule has 0 N–H and O–H groups in total. The maximum atomic E-state index is 14.0. The molecule has 26 heavy (non-hydrogen) atoms. The summed E-state index contributed by atoms with van der Waals surface area (Å²) in [6.07, 6.45) is 4.69. The van der Waals surface area contributed by atoms with E-state index in [2.05, 4.69) is 15.9 Å². The molecular weight excluding hydrogens is 331 g/mol. The van der Waals surface area contributed by atoms with Crippen LogP contribution >= 0.6 is 0 Å². The van der Waals surface area contributed by atoms with Crippen molar-refractivity contribution < 1.29 is 9.18 Å². The average Bonchev–Trinajstić information content (AvgIpc) is 2.94. The molecule has 1 aromatic rings. The average molecular weight is 358 g/mol. The number of nitriles is 1. The molecule has 140 valence electrons. The minimum Gasteiger partial charge on any atom is -0.342 e. The van der Waals surface area contributed by atoms with Gasteiger partial charge in [0.1, 0.15) is 5.82 Å². The molecule has 2 heterocycles. The number of amides is 1. The molecule has 3 rings (SSSR count). The number of likely N-dealkylation sites (tertiary alicyclic amines) is 1. The smallest absolute Gasteiger partial charge is 0.236 e. The van der Waals surface area contributed by atoms with Crippen LogP contribution in [0.2, 0.25) is 0 Å². The molecule has 0 unspecified atom stereocenters. The van der Waals surface area contributed by atoms with Crippen molar-refractivity contribution in [3.63, 3.8) is 0 Å². The summed E-state index contributed by atoms with van der Waals surface area (Å²) in [5.41, 5.74) is 1.06. The van der Waals surface area contributed by atoms with E-state index in [1.54, 1.807) is 6.07 Å². The third kappa shape index (κ3) is 5.03. The summed E-state index contributed by atoms with van der Waals surface area (Å²) in [7, 11) is 0. The fraction of sp³-hybridized carbons (Fsp3) is 0.600. The number of nitrogens with zero attached hydrogens (tertiary/aromatic N) is 4. The van der Waals surface area contributed by atoms with E-state index in [0.717, 1.165) is 52.1 Å². The standard InChI is InChI=1S/C20H27FN4O/c21-19-6-5-17(14-22)13-18(19)15-23-9-11-24(12-10-23)16-20(26)25-7-3-1-2-4-8-25/h5-6,13H,1-4,7-12,15-16H2. The zero-order valence-corrected chi connectivity index (χ0v) is 15.3. The summed E-state index contributed by atoms with van der Waals surface area (Å²) in [6.45, 7) is 6.05. The molecule has 2 fully saturated rings. The third-order valence-electron chi connectivity index (χ3n) is 5.35. The van der Waals surface area contributed by atoms with Gasteiger partial charge in [-0.1, -0.05) is 12.8 Å². The number of halogens is 1. The first-order valence-corrected chi connectivity index (χ1v) is 9.57. The Balaban J connectivity index is 1.47. The number of hydrogen-bond donors (Lipinski definition) is 0. The van der Waals surface area contributed by atoms with Gasteiger partial charge in [0, 0.05) is 51.4 Å².